The Balaban J connectivity index is 1.80. The third-order valence-corrected chi connectivity index (χ3v) is 8.39. The molecule has 2 atom stereocenters. The van der Waals surface area contributed by atoms with E-state index in [-0.39, 0.29) is 0 Å². The van der Waals surface area contributed by atoms with Crippen LogP contribution in [0.15, 0.2) is 24.3 Å². The van der Waals surface area contributed by atoms with Gasteiger partial charge in [0.1, 0.15) is 0 Å². The van der Waals surface area contributed by atoms with Gasteiger partial charge in [-0.1, -0.05) is 24.3 Å². The fourth-order valence-corrected chi connectivity index (χ4v) is 8.14. The highest BCUT2D eigenvalue weighted by atomic mass is 15.4. The fraction of sp³-hybridized carbons (Fsp3) is 0.647. The number of benzene rings is 1. The minimum absolute atomic E-state index is 0.337. The van der Waals surface area contributed by atoms with Crippen molar-refractivity contribution in [3.05, 3.63) is 35.4 Å². The molecule has 92 valence electrons. The van der Waals surface area contributed by atoms with E-state index in [1.807, 2.05) is 0 Å². The van der Waals surface area contributed by atoms with E-state index < -0.39 is 0 Å². The number of hydrogen-bond donors (Lipinski definition) is 0. The van der Waals surface area contributed by atoms with Gasteiger partial charge >= 0.3 is 0 Å². The first-order chi connectivity index (χ1) is 8.60. The molecule has 1 aromatic rings. The van der Waals surface area contributed by atoms with E-state index in [2.05, 4.69) is 50.1 Å². The summed E-state index contributed by atoms with van der Waals surface area (Å²) < 4.78 is 0. The van der Waals surface area contributed by atoms with E-state index in [4.69, 9.17) is 0 Å². The quantitative estimate of drug-likeness (QED) is 0.670. The lowest BCUT2D eigenvalue weighted by Gasteiger charge is -2.46. The van der Waals surface area contributed by atoms with Crippen molar-refractivity contribution >= 4 is 0 Å². The van der Waals surface area contributed by atoms with E-state index in [0.29, 0.717) is 21.9 Å². The van der Waals surface area contributed by atoms with Gasteiger partial charge in [0.05, 0.1) is 11.1 Å². The third-order valence-electron chi connectivity index (χ3n) is 8.39. The summed E-state index contributed by atoms with van der Waals surface area (Å²) in [4.78, 5) is 2.74. The largest absolute Gasteiger partial charge is 0.286 e. The Kier molecular flexibility index (Phi) is 0.970. The molecule has 18 heavy (non-hydrogen) atoms. The zero-order valence-electron chi connectivity index (χ0n) is 11.3. The summed E-state index contributed by atoms with van der Waals surface area (Å²) in [6.45, 7) is 5.09. The fourth-order valence-electron chi connectivity index (χ4n) is 8.14. The van der Waals surface area contributed by atoms with E-state index in [1.54, 1.807) is 11.1 Å². The zero-order chi connectivity index (χ0) is 12.1. The van der Waals surface area contributed by atoms with E-state index >= 15 is 0 Å². The van der Waals surface area contributed by atoms with Gasteiger partial charge in [-0.3, -0.25) is 4.90 Å². The molecule has 1 aromatic carbocycles. The van der Waals surface area contributed by atoms with Gasteiger partial charge < -0.3 is 0 Å². The van der Waals surface area contributed by atoms with Crippen LogP contribution in [0.5, 0.6) is 0 Å². The molecule has 5 fully saturated rings. The lowest BCUT2D eigenvalue weighted by atomic mass is 9.78. The Morgan fingerprint density at radius 1 is 0.944 bits per heavy atom. The smallest absolute Gasteiger partial charge is 0.0509 e. The molecular weight excluding hydrogens is 218 g/mol. The second-order valence-electron chi connectivity index (χ2n) is 7.67. The summed E-state index contributed by atoms with van der Waals surface area (Å²) in [6, 6.07) is 9.30. The second-order valence-corrected chi connectivity index (χ2v) is 7.67. The van der Waals surface area contributed by atoms with Crippen molar-refractivity contribution < 1.29 is 0 Å². The van der Waals surface area contributed by atoms with Crippen LogP contribution in [0.4, 0.5) is 0 Å². The zero-order valence-corrected chi connectivity index (χ0v) is 11.3. The van der Waals surface area contributed by atoms with Crippen molar-refractivity contribution in [2.45, 2.75) is 37.8 Å². The first kappa shape index (κ1) is 9.14. The monoisotopic (exact) mass is 237 g/mol. The van der Waals surface area contributed by atoms with Crippen molar-refractivity contribution in [3.8, 4) is 0 Å². The Hall–Kier alpha value is -0.820. The molecule has 7 rings (SSSR count). The van der Waals surface area contributed by atoms with E-state index in [0.717, 1.165) is 11.8 Å². The molecule has 4 saturated carbocycles. The lowest BCUT2D eigenvalue weighted by Crippen LogP contribution is -2.51. The van der Waals surface area contributed by atoms with Gasteiger partial charge in [0.2, 0.25) is 0 Å². The molecular formula is C17H19N. The highest BCUT2D eigenvalue weighted by Gasteiger charge is 3.12. The van der Waals surface area contributed by atoms with E-state index in [9.17, 15) is 0 Å². The third kappa shape index (κ3) is 0.411. The van der Waals surface area contributed by atoms with Crippen LogP contribution in [0.25, 0.3) is 0 Å². The molecule has 2 aliphatic heterocycles. The molecule has 2 unspecified atom stereocenters. The molecule has 0 N–H and O–H groups in total. The standard InChI is InChI=1S/C17H19N/c1-14-10-6-4-5-7-11(10)15(2,18(14)3)17-12-8-9-13(17)16(12,14)17/h4-7,12-13H,8-9H2,1-3H3. The van der Waals surface area contributed by atoms with Crippen LogP contribution in [0.3, 0.4) is 0 Å². The lowest BCUT2D eigenvalue weighted by molar-refractivity contribution is -0.0180. The van der Waals surface area contributed by atoms with Gasteiger partial charge in [-0.05, 0) is 56.7 Å². The van der Waals surface area contributed by atoms with Gasteiger partial charge in [0, 0.05) is 10.8 Å². The highest BCUT2D eigenvalue weighted by molar-refractivity contribution is 5.69. The van der Waals surface area contributed by atoms with Gasteiger partial charge in [-0.15, -0.1) is 0 Å². The summed E-state index contributed by atoms with van der Waals surface area (Å²) in [6.07, 6.45) is 3.02. The molecule has 1 heteroatoms. The Morgan fingerprint density at radius 2 is 1.39 bits per heavy atom. The maximum Gasteiger partial charge on any atom is 0.0509 e. The van der Waals surface area contributed by atoms with Crippen LogP contribution in [0.1, 0.15) is 37.8 Å². The minimum Gasteiger partial charge on any atom is -0.286 e. The molecule has 2 spiro atoms. The molecule has 0 aromatic heterocycles. The maximum absolute atomic E-state index is 2.74. The predicted octanol–water partition coefficient (Wildman–Crippen LogP) is 3.10. The Bertz CT molecular complexity index is 584. The van der Waals surface area contributed by atoms with Crippen molar-refractivity contribution in [1.82, 2.24) is 4.90 Å². The van der Waals surface area contributed by atoms with E-state index in [1.165, 1.54) is 12.8 Å². The second kappa shape index (κ2) is 1.91. The van der Waals surface area contributed by atoms with Crippen LogP contribution < -0.4 is 0 Å². The number of nitrogens with zero attached hydrogens (tertiary/aromatic N) is 1. The van der Waals surface area contributed by atoms with Crippen molar-refractivity contribution in [3.63, 3.8) is 0 Å². The molecule has 1 saturated heterocycles. The van der Waals surface area contributed by atoms with Gasteiger partial charge in [0.15, 0.2) is 0 Å². The number of fused-ring (bicyclic) bond motifs is 6. The number of piperidine rings is 2. The average Bonchev–Trinajstić information content (AvgIpc) is 2.93. The molecule has 4 bridgehead atoms. The molecule has 6 aliphatic rings. The molecule has 0 radical (unpaired) electrons. The van der Waals surface area contributed by atoms with Crippen molar-refractivity contribution in [2.75, 3.05) is 7.05 Å². The van der Waals surface area contributed by atoms with Crippen LogP contribution in [0, 0.1) is 22.7 Å². The van der Waals surface area contributed by atoms with Crippen molar-refractivity contribution in [2.24, 2.45) is 22.7 Å². The van der Waals surface area contributed by atoms with Crippen LogP contribution in [0.2, 0.25) is 0 Å². The molecule has 2 heterocycles. The highest BCUT2D eigenvalue weighted by Crippen LogP contribution is 3.12. The molecule has 0 amide bonds. The molecule has 4 aliphatic carbocycles. The SMILES string of the molecule is CN1C2(C)c3ccccc3C1(C)C13C4CCC1C423. The number of rotatable bonds is 0. The summed E-state index contributed by atoms with van der Waals surface area (Å²) in [5, 5.41) is 0. The van der Waals surface area contributed by atoms with Gasteiger partial charge in [0.25, 0.3) is 0 Å². The average molecular weight is 237 g/mol. The van der Waals surface area contributed by atoms with Gasteiger partial charge in [-0.25, -0.2) is 0 Å². The first-order valence-corrected chi connectivity index (χ1v) is 7.44. The van der Waals surface area contributed by atoms with Gasteiger partial charge in [-0.2, -0.15) is 0 Å². The number of hydrogen-bond acceptors (Lipinski definition) is 1. The molecule has 1 nitrogen and oxygen atoms in total. The predicted molar refractivity (Wildman–Crippen MR) is 70.0 cm³/mol. The Labute approximate surface area is 108 Å². The van der Waals surface area contributed by atoms with Crippen molar-refractivity contribution in [1.29, 1.82) is 0 Å². The normalized spacial score (nSPS) is 64.6. The maximum atomic E-state index is 2.74. The Morgan fingerprint density at radius 3 is 1.83 bits per heavy atom. The topological polar surface area (TPSA) is 3.24 Å². The summed E-state index contributed by atoms with van der Waals surface area (Å²) >= 11 is 0. The summed E-state index contributed by atoms with van der Waals surface area (Å²) in [7, 11) is 2.38. The summed E-state index contributed by atoms with van der Waals surface area (Å²) in [5.74, 6) is 2.10. The first-order valence-electron chi connectivity index (χ1n) is 7.44. The van der Waals surface area contributed by atoms with Crippen LogP contribution >= 0.6 is 0 Å². The summed E-state index contributed by atoms with van der Waals surface area (Å²) in [5.41, 5.74) is 5.36. The van der Waals surface area contributed by atoms with Crippen LogP contribution in [-0.2, 0) is 11.1 Å². The minimum atomic E-state index is 0.337. The van der Waals surface area contributed by atoms with Crippen LogP contribution in [-0.4, -0.2) is 11.9 Å².